The maximum atomic E-state index is 3.60. The Hall–Kier alpha value is -10.4. The van der Waals surface area contributed by atoms with Gasteiger partial charge in [0.15, 0.2) is 0 Å². The molecule has 428 valence electrons. The van der Waals surface area contributed by atoms with Gasteiger partial charge < -0.3 is 23.5 Å². The summed E-state index contributed by atoms with van der Waals surface area (Å²) >= 11 is 3.60. The minimum Gasteiger partial charge on any atom is -0.315 e. The lowest BCUT2D eigenvalue weighted by Crippen LogP contribution is -2.30. The summed E-state index contributed by atoms with van der Waals surface area (Å²) in [5.41, 5.74) is 25.2. The minimum atomic E-state index is -0.0889. The van der Waals surface area contributed by atoms with E-state index in [-0.39, 0.29) is 10.8 Å². The lowest BCUT2D eigenvalue weighted by atomic mass is 9.73. The van der Waals surface area contributed by atoms with Crippen LogP contribution in [0, 0.1) is 0 Å². The Morgan fingerprint density at radius 1 is 0.337 bits per heavy atom. The molecule has 89 heavy (non-hydrogen) atoms. The predicted octanol–water partition coefficient (Wildman–Crippen LogP) is 22.7. The molecule has 0 radical (unpaired) electrons. The van der Waals surface area contributed by atoms with Crippen molar-refractivity contribution in [1.82, 2.24) is 13.7 Å². The van der Waals surface area contributed by atoms with E-state index in [1.807, 2.05) is 0 Å². The van der Waals surface area contributed by atoms with Crippen LogP contribution < -0.4 is 9.80 Å². The average molecular weight is 1210 g/mol. The summed E-state index contributed by atoms with van der Waals surface area (Å²) in [7, 11) is 0. The zero-order valence-corrected chi connectivity index (χ0v) is 51.8. The van der Waals surface area contributed by atoms with Gasteiger partial charge in [0.1, 0.15) is 0 Å². The maximum Gasteiger partial charge on any atom is 0.0788 e. The molecule has 12 aromatic carbocycles. The molecule has 0 saturated carbocycles. The van der Waals surface area contributed by atoms with Crippen LogP contribution in [0.15, 0.2) is 302 Å². The number of benzene rings is 12. The van der Waals surface area contributed by atoms with Crippen LogP contribution in [-0.2, 0) is 17.3 Å². The Morgan fingerprint density at radius 2 is 0.764 bits per heavy atom. The van der Waals surface area contributed by atoms with Crippen molar-refractivity contribution in [3.05, 3.63) is 335 Å². The fourth-order valence-electron chi connectivity index (χ4n) is 14.7. The van der Waals surface area contributed by atoms with Crippen LogP contribution in [0.4, 0.5) is 34.1 Å². The van der Waals surface area contributed by atoms with E-state index in [0.717, 1.165) is 28.0 Å². The number of anilines is 6. The van der Waals surface area contributed by atoms with Gasteiger partial charge >= 0.3 is 0 Å². The van der Waals surface area contributed by atoms with E-state index in [0.29, 0.717) is 0 Å². The smallest absolute Gasteiger partial charge is 0.0788 e. The number of nitrogens with zero attached hydrogens (tertiary/aromatic N) is 5. The Labute approximate surface area is 528 Å². The number of hydrogen-bond acceptors (Lipinski definition) is 2. The first kappa shape index (κ1) is 54.0. The van der Waals surface area contributed by atoms with E-state index >= 15 is 0 Å². The highest BCUT2D eigenvalue weighted by atomic mass is 79.9. The molecule has 18 rings (SSSR count). The number of allylic oxidation sites excluding steroid dienone is 1. The van der Waals surface area contributed by atoms with Crippen LogP contribution in [-0.4, -0.2) is 13.7 Å². The molecule has 0 spiro atoms. The molecule has 3 aromatic heterocycles. The fourth-order valence-corrected chi connectivity index (χ4v) is 15.1. The first-order valence-corrected chi connectivity index (χ1v) is 31.6. The number of rotatable bonds is 5. The second kappa shape index (κ2) is 21.5. The van der Waals surface area contributed by atoms with Crippen molar-refractivity contribution >= 4 is 111 Å². The molecule has 0 unspecified atom stereocenters. The molecule has 2 aliphatic heterocycles. The van der Waals surface area contributed by atoms with Crippen LogP contribution in [0.3, 0.4) is 0 Å². The van der Waals surface area contributed by atoms with Gasteiger partial charge in [-0.15, -0.1) is 0 Å². The highest BCUT2D eigenvalue weighted by Gasteiger charge is 2.38. The monoisotopic (exact) mass is 1210 g/mol. The molecule has 0 bridgehead atoms. The van der Waals surface area contributed by atoms with Gasteiger partial charge in [0.25, 0.3) is 0 Å². The van der Waals surface area contributed by atoms with Gasteiger partial charge in [-0.3, -0.25) is 0 Å². The number of fused-ring (bicyclic) bond motifs is 14. The van der Waals surface area contributed by atoms with Crippen molar-refractivity contribution in [2.75, 3.05) is 9.80 Å². The third kappa shape index (κ3) is 8.79. The summed E-state index contributed by atoms with van der Waals surface area (Å²) in [5.74, 6) is 0. The molecule has 0 amide bonds. The third-order valence-electron chi connectivity index (χ3n) is 18.8. The van der Waals surface area contributed by atoms with Gasteiger partial charge in [-0.1, -0.05) is 238 Å². The Bertz CT molecular complexity index is 5170. The summed E-state index contributed by atoms with van der Waals surface area (Å²) in [6, 6.07) is 103. The number of hydrogen-bond donors (Lipinski definition) is 0. The first-order valence-electron chi connectivity index (χ1n) is 30.8. The van der Waals surface area contributed by atoms with Crippen LogP contribution >= 0.6 is 15.9 Å². The van der Waals surface area contributed by atoms with Gasteiger partial charge in [-0.25, -0.2) is 0 Å². The van der Waals surface area contributed by atoms with Gasteiger partial charge in [-0.2, -0.15) is 0 Å². The first-order chi connectivity index (χ1) is 43.6. The quantitative estimate of drug-likeness (QED) is 0.171. The molecule has 3 aliphatic rings. The van der Waals surface area contributed by atoms with E-state index in [1.54, 1.807) is 0 Å². The van der Waals surface area contributed by atoms with Crippen molar-refractivity contribution in [3.63, 3.8) is 0 Å². The second-order valence-electron chi connectivity index (χ2n) is 24.6. The molecule has 0 fully saturated rings. The third-order valence-corrected chi connectivity index (χ3v) is 19.3. The van der Waals surface area contributed by atoms with Crippen molar-refractivity contribution < 1.29 is 0 Å². The largest absolute Gasteiger partial charge is 0.315 e. The Kier molecular flexibility index (Phi) is 13.0. The minimum absolute atomic E-state index is 0.00427. The van der Waals surface area contributed by atoms with E-state index in [2.05, 4.69) is 371 Å². The highest BCUT2D eigenvalue weighted by Crippen LogP contribution is 2.54. The van der Waals surface area contributed by atoms with E-state index in [1.165, 1.54) is 122 Å². The van der Waals surface area contributed by atoms with Crippen molar-refractivity contribution in [2.24, 2.45) is 0 Å². The summed E-state index contributed by atoms with van der Waals surface area (Å²) in [6.07, 6.45) is 7.74. The van der Waals surface area contributed by atoms with Crippen LogP contribution in [0.5, 0.6) is 0 Å². The normalized spacial score (nSPS) is 13.9. The SMILES string of the molecule is C1=Cc2ccc3c4ccccc4n(-c4ccccc4)c3c2C1.CC1(C)c2ccccc2N(c2cccc(-n3ccc4ccc5c6ccccc6n(-c6ccccc6)c5c43)c2)c2ccccc21.CC1(C)c2ccccc2N(c2cccc(Br)c2)c2ccccc21. The molecular weight excluding hydrogens is 1150 g/mol. The van der Waals surface area contributed by atoms with E-state index in [4.69, 9.17) is 0 Å². The van der Waals surface area contributed by atoms with Crippen molar-refractivity contribution in [3.8, 4) is 17.1 Å². The van der Waals surface area contributed by atoms with Crippen LogP contribution in [0.25, 0.3) is 77.7 Å². The Morgan fingerprint density at radius 3 is 1.30 bits per heavy atom. The second-order valence-corrected chi connectivity index (χ2v) is 25.5. The summed E-state index contributed by atoms with van der Waals surface area (Å²) < 4.78 is 8.30. The summed E-state index contributed by atoms with van der Waals surface area (Å²) in [6.45, 7) is 9.29. The molecular formula is C83H64BrN5. The zero-order valence-electron chi connectivity index (χ0n) is 50.2. The number of halogens is 1. The lowest BCUT2D eigenvalue weighted by molar-refractivity contribution is 0.631. The molecule has 0 N–H and O–H groups in total. The molecule has 6 heteroatoms. The average Bonchev–Trinajstić information content (AvgIpc) is 2.10. The van der Waals surface area contributed by atoms with E-state index in [9.17, 15) is 0 Å². The Balaban J connectivity index is 0.000000119. The standard InChI is InChI=1S/C41H31N3.C21H18BrN.C21H15N/c1-41(2)34-18-7-10-21-37(34)43(38-22-11-8-19-35(38)41)31-16-12-15-30(27-31)42-26-25-28-23-24-33-32-17-6-9-20-36(32)44(40(33)39(28)42)29-13-4-3-5-14-29;1-21(2)17-10-3-5-12-19(17)23(16-9-7-8-15(22)14-16)20-13-6-4-11-18(20)21;1-2-8-16(9-3-1)22-20-12-5-4-10-18(20)19-14-13-15-7-6-11-17(15)21(19)22/h3-27H,1-2H3;3-14H,1-2H3;1-10,12-14H,11H2. The molecule has 5 heterocycles. The highest BCUT2D eigenvalue weighted by molar-refractivity contribution is 9.10. The van der Waals surface area contributed by atoms with Crippen molar-refractivity contribution in [2.45, 2.75) is 44.9 Å². The lowest BCUT2D eigenvalue weighted by Gasteiger charge is -2.42. The predicted molar refractivity (Wildman–Crippen MR) is 379 cm³/mol. The molecule has 15 aromatic rings. The van der Waals surface area contributed by atoms with Gasteiger partial charge in [0.05, 0.1) is 50.3 Å². The van der Waals surface area contributed by atoms with Crippen LogP contribution in [0.2, 0.25) is 0 Å². The van der Waals surface area contributed by atoms with Gasteiger partial charge in [0, 0.05) is 76.9 Å². The molecule has 5 nitrogen and oxygen atoms in total. The molecule has 0 saturated heterocycles. The van der Waals surface area contributed by atoms with Crippen molar-refractivity contribution in [1.29, 1.82) is 0 Å². The zero-order chi connectivity index (χ0) is 60.0. The topological polar surface area (TPSA) is 21.3 Å². The number of para-hydroxylation sites is 8. The maximum absolute atomic E-state index is 3.60. The van der Waals surface area contributed by atoms with Gasteiger partial charge in [-0.05, 0) is 143 Å². The summed E-state index contributed by atoms with van der Waals surface area (Å²) in [4.78, 5) is 4.79. The van der Waals surface area contributed by atoms with Crippen LogP contribution in [0.1, 0.15) is 61.1 Å². The molecule has 0 atom stereocenters. The number of aromatic nitrogens is 3. The van der Waals surface area contributed by atoms with E-state index < -0.39 is 0 Å². The molecule has 1 aliphatic carbocycles. The summed E-state index contributed by atoms with van der Waals surface area (Å²) in [5, 5.41) is 6.42. The fraction of sp³-hybridized carbons (Fsp3) is 0.0843. The van der Waals surface area contributed by atoms with Gasteiger partial charge in [0.2, 0.25) is 0 Å².